The highest BCUT2D eigenvalue weighted by Gasteiger charge is 2.09. The summed E-state index contributed by atoms with van der Waals surface area (Å²) in [6.07, 6.45) is 0. The van der Waals surface area contributed by atoms with Crippen molar-refractivity contribution in [2.75, 3.05) is 12.4 Å². The summed E-state index contributed by atoms with van der Waals surface area (Å²) in [5.74, 6) is 1.71. The fourth-order valence-electron chi connectivity index (χ4n) is 2.12. The van der Waals surface area contributed by atoms with E-state index in [1.807, 2.05) is 24.3 Å². The van der Waals surface area contributed by atoms with E-state index in [0.717, 1.165) is 16.5 Å². The number of hydrogen-bond acceptors (Lipinski definition) is 5. The maximum absolute atomic E-state index is 12.8. The zero-order valence-corrected chi connectivity index (χ0v) is 13.1. The highest BCUT2D eigenvalue weighted by molar-refractivity contribution is 7.99. The second kappa shape index (κ2) is 6.31. The van der Waals surface area contributed by atoms with Crippen LogP contribution in [0.15, 0.2) is 35.5 Å². The number of aryl methyl sites for hydroxylation is 2. The molecular formula is C15H15FN4OS. The van der Waals surface area contributed by atoms with Crippen LogP contribution in [0.25, 0.3) is 5.78 Å². The normalized spacial score (nSPS) is 11.0. The lowest BCUT2D eigenvalue weighted by atomic mass is 10.3. The molecule has 0 fully saturated rings. The van der Waals surface area contributed by atoms with Gasteiger partial charge in [-0.15, -0.1) is 10.2 Å². The minimum atomic E-state index is -0.269. The van der Waals surface area contributed by atoms with Crippen LogP contribution >= 0.6 is 11.8 Å². The Morgan fingerprint density at radius 3 is 2.73 bits per heavy atom. The summed E-state index contributed by atoms with van der Waals surface area (Å²) in [5, 5.41) is 9.04. The molecule has 0 aliphatic rings. The lowest BCUT2D eigenvalue weighted by Crippen LogP contribution is -2.02. The first-order chi connectivity index (χ1) is 10.6. The van der Waals surface area contributed by atoms with Gasteiger partial charge in [-0.25, -0.2) is 9.37 Å². The predicted octanol–water partition coefficient (Wildman–Crippen LogP) is 3.05. The second-order valence-electron chi connectivity index (χ2n) is 4.81. The molecule has 0 aliphatic carbocycles. The number of halogens is 1. The van der Waals surface area contributed by atoms with E-state index < -0.39 is 0 Å². The van der Waals surface area contributed by atoms with Gasteiger partial charge < -0.3 is 4.74 Å². The summed E-state index contributed by atoms with van der Waals surface area (Å²) < 4.78 is 20.3. The Balaban J connectivity index is 1.61. The van der Waals surface area contributed by atoms with Gasteiger partial charge in [-0.05, 0) is 44.2 Å². The zero-order chi connectivity index (χ0) is 15.5. The Morgan fingerprint density at radius 1 is 1.18 bits per heavy atom. The van der Waals surface area contributed by atoms with Crippen LogP contribution in [0.2, 0.25) is 0 Å². The molecule has 0 radical (unpaired) electrons. The van der Waals surface area contributed by atoms with Gasteiger partial charge in [0.15, 0.2) is 5.16 Å². The Bertz CT molecular complexity index is 788. The maximum atomic E-state index is 12.8. The maximum Gasteiger partial charge on any atom is 0.256 e. The minimum Gasteiger partial charge on any atom is -0.493 e. The van der Waals surface area contributed by atoms with Crippen LogP contribution in [-0.4, -0.2) is 31.9 Å². The van der Waals surface area contributed by atoms with E-state index in [2.05, 4.69) is 15.2 Å². The van der Waals surface area contributed by atoms with Gasteiger partial charge in [0, 0.05) is 17.1 Å². The van der Waals surface area contributed by atoms with Crippen molar-refractivity contribution in [3.8, 4) is 5.75 Å². The number of hydrogen-bond donors (Lipinski definition) is 0. The summed E-state index contributed by atoms with van der Waals surface area (Å²) >= 11 is 1.55. The van der Waals surface area contributed by atoms with Crippen LogP contribution in [-0.2, 0) is 0 Å². The first-order valence-corrected chi connectivity index (χ1v) is 7.82. The van der Waals surface area contributed by atoms with Gasteiger partial charge in [-0.1, -0.05) is 11.8 Å². The van der Waals surface area contributed by atoms with Gasteiger partial charge in [0.25, 0.3) is 5.78 Å². The number of aromatic nitrogens is 4. The molecule has 0 atom stereocenters. The number of fused-ring (bicyclic) bond motifs is 1. The third-order valence-corrected chi connectivity index (χ3v) is 3.95. The van der Waals surface area contributed by atoms with E-state index in [9.17, 15) is 4.39 Å². The van der Waals surface area contributed by atoms with Crippen LogP contribution in [0.3, 0.4) is 0 Å². The average Bonchev–Trinajstić information content (AvgIpc) is 2.88. The van der Waals surface area contributed by atoms with E-state index in [4.69, 9.17) is 4.74 Å². The van der Waals surface area contributed by atoms with E-state index in [1.165, 1.54) is 12.1 Å². The molecule has 1 aromatic carbocycles. The summed E-state index contributed by atoms with van der Waals surface area (Å²) in [4.78, 5) is 4.35. The molecule has 2 heterocycles. The van der Waals surface area contributed by atoms with Crippen molar-refractivity contribution in [3.63, 3.8) is 0 Å². The Kier molecular flexibility index (Phi) is 4.24. The van der Waals surface area contributed by atoms with Crippen molar-refractivity contribution in [2.45, 2.75) is 19.0 Å². The van der Waals surface area contributed by atoms with E-state index in [1.54, 1.807) is 23.9 Å². The van der Waals surface area contributed by atoms with Gasteiger partial charge >= 0.3 is 0 Å². The Morgan fingerprint density at radius 2 is 1.95 bits per heavy atom. The first kappa shape index (κ1) is 14.8. The number of rotatable bonds is 5. The van der Waals surface area contributed by atoms with Crippen molar-refractivity contribution in [2.24, 2.45) is 0 Å². The summed E-state index contributed by atoms with van der Waals surface area (Å²) in [6.45, 7) is 4.44. The quantitative estimate of drug-likeness (QED) is 0.534. The molecular weight excluding hydrogens is 303 g/mol. The zero-order valence-electron chi connectivity index (χ0n) is 12.3. The van der Waals surface area contributed by atoms with Crippen molar-refractivity contribution in [1.29, 1.82) is 0 Å². The Labute approximate surface area is 131 Å². The molecule has 7 heteroatoms. The van der Waals surface area contributed by atoms with Gasteiger partial charge in [0.1, 0.15) is 11.6 Å². The molecule has 0 aliphatic heterocycles. The molecule has 114 valence electrons. The van der Waals surface area contributed by atoms with Crippen LogP contribution < -0.4 is 4.74 Å². The van der Waals surface area contributed by atoms with E-state index >= 15 is 0 Å². The largest absolute Gasteiger partial charge is 0.493 e. The molecule has 22 heavy (non-hydrogen) atoms. The fraction of sp³-hybridized carbons (Fsp3) is 0.267. The molecule has 3 aromatic rings. The van der Waals surface area contributed by atoms with Crippen molar-refractivity contribution in [3.05, 3.63) is 47.5 Å². The van der Waals surface area contributed by atoms with Gasteiger partial charge in [0.2, 0.25) is 0 Å². The molecule has 0 saturated heterocycles. The third-order valence-electron chi connectivity index (χ3n) is 3.06. The molecule has 0 amide bonds. The molecule has 0 bridgehead atoms. The summed E-state index contributed by atoms with van der Waals surface area (Å²) in [6, 6.07) is 7.99. The second-order valence-corrected chi connectivity index (χ2v) is 5.87. The summed E-state index contributed by atoms with van der Waals surface area (Å²) in [5.41, 5.74) is 1.98. The van der Waals surface area contributed by atoms with Gasteiger partial charge in [-0.2, -0.15) is 0 Å². The standard InChI is InChI=1S/C15H15FN4OS/c1-10-9-11(2)20-14(17-10)18-19-15(20)22-8-7-21-13-5-3-12(16)4-6-13/h3-6,9H,7-8H2,1-2H3. The van der Waals surface area contributed by atoms with Crippen LogP contribution in [0.1, 0.15) is 11.4 Å². The molecule has 0 unspecified atom stereocenters. The monoisotopic (exact) mass is 318 g/mol. The summed E-state index contributed by atoms with van der Waals surface area (Å²) in [7, 11) is 0. The highest BCUT2D eigenvalue weighted by Crippen LogP contribution is 2.19. The van der Waals surface area contributed by atoms with Gasteiger partial charge in [0.05, 0.1) is 6.61 Å². The SMILES string of the molecule is Cc1cc(C)n2c(SCCOc3ccc(F)cc3)nnc2n1. The van der Waals surface area contributed by atoms with Crippen molar-refractivity contribution in [1.82, 2.24) is 19.6 Å². The van der Waals surface area contributed by atoms with Crippen LogP contribution in [0, 0.1) is 19.7 Å². The molecule has 3 rings (SSSR count). The number of thioether (sulfide) groups is 1. The highest BCUT2D eigenvalue weighted by atomic mass is 32.2. The predicted molar refractivity (Wildman–Crippen MR) is 82.9 cm³/mol. The minimum absolute atomic E-state index is 0.269. The Hall–Kier alpha value is -2.15. The number of nitrogens with zero attached hydrogens (tertiary/aromatic N) is 4. The van der Waals surface area contributed by atoms with Crippen molar-refractivity contribution >= 4 is 17.5 Å². The molecule has 0 N–H and O–H groups in total. The topological polar surface area (TPSA) is 52.3 Å². The smallest absolute Gasteiger partial charge is 0.256 e. The first-order valence-electron chi connectivity index (χ1n) is 6.84. The van der Waals surface area contributed by atoms with Crippen LogP contribution in [0.5, 0.6) is 5.75 Å². The van der Waals surface area contributed by atoms with Crippen molar-refractivity contribution < 1.29 is 9.13 Å². The number of ether oxygens (including phenoxy) is 1. The van der Waals surface area contributed by atoms with Crippen LogP contribution in [0.4, 0.5) is 4.39 Å². The van der Waals surface area contributed by atoms with Gasteiger partial charge in [-0.3, -0.25) is 4.40 Å². The molecule has 2 aromatic heterocycles. The third kappa shape index (κ3) is 3.19. The molecule has 5 nitrogen and oxygen atoms in total. The average molecular weight is 318 g/mol. The van der Waals surface area contributed by atoms with E-state index in [-0.39, 0.29) is 5.82 Å². The number of benzene rings is 1. The fourth-order valence-corrected chi connectivity index (χ4v) is 2.92. The van der Waals surface area contributed by atoms with E-state index in [0.29, 0.717) is 23.9 Å². The molecule has 0 saturated carbocycles. The lowest BCUT2D eigenvalue weighted by Gasteiger charge is -2.06. The lowest BCUT2D eigenvalue weighted by molar-refractivity contribution is 0.343. The molecule has 0 spiro atoms.